The number of ether oxygens (including phenoxy) is 1. The summed E-state index contributed by atoms with van der Waals surface area (Å²) in [4.78, 5) is 20.2. The molecule has 0 aliphatic carbocycles. The monoisotopic (exact) mass is 502 g/mol. The van der Waals surface area contributed by atoms with Crippen LogP contribution in [0.1, 0.15) is 61.6 Å². The van der Waals surface area contributed by atoms with Crippen LogP contribution in [0.3, 0.4) is 0 Å². The molecule has 8 heteroatoms. The van der Waals surface area contributed by atoms with Gasteiger partial charge in [0.1, 0.15) is 12.4 Å². The lowest BCUT2D eigenvalue weighted by Crippen LogP contribution is -2.46. The van der Waals surface area contributed by atoms with Gasteiger partial charge in [0, 0.05) is 38.6 Å². The normalized spacial score (nSPS) is 14.8. The standard InChI is InChI=1S/C29H34N4O4/c1-4-5-25(18-27(34)35)24-10-12-26(13-11-24)36-20-23-8-6-22(7-9-23)19-32-14-16-33(17-15-32)29-30-28(21(2)3)37-31-29/h6-13,21,25H,14-20H2,1-3H3,(H,34,35). The van der Waals surface area contributed by atoms with Crippen molar-refractivity contribution in [1.29, 1.82) is 0 Å². The summed E-state index contributed by atoms with van der Waals surface area (Å²) < 4.78 is 11.3. The molecule has 4 rings (SSSR count). The van der Waals surface area contributed by atoms with E-state index in [2.05, 4.69) is 69.9 Å². The molecule has 1 aliphatic heterocycles. The topological polar surface area (TPSA) is 91.9 Å². The Morgan fingerprint density at radius 1 is 1.05 bits per heavy atom. The molecule has 1 fully saturated rings. The van der Waals surface area contributed by atoms with E-state index in [9.17, 15) is 4.79 Å². The highest BCUT2D eigenvalue weighted by molar-refractivity contribution is 5.69. The van der Waals surface area contributed by atoms with Gasteiger partial charge in [-0.25, -0.2) is 0 Å². The molecule has 1 aliphatic rings. The summed E-state index contributed by atoms with van der Waals surface area (Å²) in [6.45, 7) is 10.8. The molecule has 3 aromatic rings. The first-order valence-electron chi connectivity index (χ1n) is 12.7. The van der Waals surface area contributed by atoms with E-state index in [0.29, 0.717) is 18.4 Å². The minimum atomic E-state index is -0.858. The van der Waals surface area contributed by atoms with Crippen molar-refractivity contribution in [3.8, 4) is 17.6 Å². The van der Waals surface area contributed by atoms with E-state index in [1.807, 2.05) is 24.3 Å². The first-order chi connectivity index (χ1) is 17.9. The molecule has 1 unspecified atom stereocenters. The number of anilines is 1. The fourth-order valence-electron chi connectivity index (χ4n) is 4.26. The third-order valence-corrected chi connectivity index (χ3v) is 6.39. The molecule has 37 heavy (non-hydrogen) atoms. The number of piperazine rings is 1. The largest absolute Gasteiger partial charge is 0.489 e. The quantitative estimate of drug-likeness (QED) is 0.400. The molecular weight excluding hydrogens is 468 g/mol. The van der Waals surface area contributed by atoms with Crippen molar-refractivity contribution in [2.45, 2.75) is 52.2 Å². The van der Waals surface area contributed by atoms with E-state index >= 15 is 0 Å². The number of rotatable bonds is 10. The molecule has 194 valence electrons. The highest BCUT2D eigenvalue weighted by Crippen LogP contribution is 2.23. The molecule has 1 saturated heterocycles. The molecule has 0 radical (unpaired) electrons. The van der Waals surface area contributed by atoms with Crippen LogP contribution in [0.4, 0.5) is 5.95 Å². The molecule has 0 saturated carbocycles. The van der Waals surface area contributed by atoms with Crippen LogP contribution in [0, 0.1) is 11.8 Å². The van der Waals surface area contributed by atoms with Crippen LogP contribution >= 0.6 is 0 Å². The minimum absolute atomic E-state index is 0.0129. The van der Waals surface area contributed by atoms with Gasteiger partial charge < -0.3 is 19.3 Å². The lowest BCUT2D eigenvalue weighted by molar-refractivity contribution is -0.137. The van der Waals surface area contributed by atoms with E-state index in [0.717, 1.165) is 49.6 Å². The van der Waals surface area contributed by atoms with Crippen LogP contribution in [-0.4, -0.2) is 52.3 Å². The van der Waals surface area contributed by atoms with Gasteiger partial charge in [0.05, 0.1) is 12.3 Å². The Bertz CT molecular complexity index is 1220. The fraction of sp³-hybridized carbons (Fsp3) is 0.414. The summed E-state index contributed by atoms with van der Waals surface area (Å²) in [6.07, 6.45) is -0.0129. The second kappa shape index (κ2) is 12.4. The Hall–Kier alpha value is -3.83. The zero-order chi connectivity index (χ0) is 26.2. The SMILES string of the molecule is CC#CC(CC(=O)O)c1ccc(OCc2ccc(CN3CCN(c4noc(C(C)C)n4)CC3)cc2)cc1. The van der Waals surface area contributed by atoms with Gasteiger partial charge in [0.2, 0.25) is 5.89 Å². The second-order valence-electron chi connectivity index (χ2n) is 9.57. The molecule has 0 spiro atoms. The molecule has 1 aromatic heterocycles. The number of hydrogen-bond donors (Lipinski definition) is 1. The van der Waals surface area contributed by atoms with Crippen molar-refractivity contribution in [2.75, 3.05) is 31.1 Å². The third-order valence-electron chi connectivity index (χ3n) is 6.39. The number of hydrogen-bond acceptors (Lipinski definition) is 7. The maximum atomic E-state index is 11.1. The summed E-state index contributed by atoms with van der Waals surface area (Å²) in [5, 5.41) is 13.2. The van der Waals surface area contributed by atoms with Gasteiger partial charge in [0.15, 0.2) is 0 Å². The van der Waals surface area contributed by atoms with Crippen molar-refractivity contribution >= 4 is 11.9 Å². The van der Waals surface area contributed by atoms with Gasteiger partial charge in [0.25, 0.3) is 5.95 Å². The van der Waals surface area contributed by atoms with Crippen LogP contribution in [-0.2, 0) is 17.9 Å². The average Bonchev–Trinajstić information content (AvgIpc) is 3.40. The van der Waals surface area contributed by atoms with E-state index in [1.165, 1.54) is 5.56 Å². The zero-order valence-electron chi connectivity index (χ0n) is 21.7. The van der Waals surface area contributed by atoms with Crippen LogP contribution in [0.25, 0.3) is 0 Å². The summed E-state index contributed by atoms with van der Waals surface area (Å²) >= 11 is 0. The highest BCUT2D eigenvalue weighted by atomic mass is 16.5. The second-order valence-corrected chi connectivity index (χ2v) is 9.57. The maximum Gasteiger partial charge on any atom is 0.304 e. The number of carbonyl (C=O) groups is 1. The molecular formula is C29H34N4O4. The number of carboxylic acids is 1. The van der Waals surface area contributed by atoms with Crippen LogP contribution in [0.2, 0.25) is 0 Å². The van der Waals surface area contributed by atoms with Crippen LogP contribution in [0.5, 0.6) is 5.75 Å². The number of nitrogens with zero attached hydrogens (tertiary/aromatic N) is 4. The number of carboxylic acid groups (broad SMARTS) is 1. The van der Waals surface area contributed by atoms with E-state index < -0.39 is 5.97 Å². The van der Waals surface area contributed by atoms with E-state index in [4.69, 9.17) is 14.4 Å². The molecule has 0 amide bonds. The minimum Gasteiger partial charge on any atom is -0.489 e. The Balaban J connectivity index is 1.23. The molecule has 1 N–H and O–H groups in total. The van der Waals surface area contributed by atoms with Crippen molar-refractivity contribution in [1.82, 2.24) is 15.0 Å². The highest BCUT2D eigenvalue weighted by Gasteiger charge is 2.22. The lowest BCUT2D eigenvalue weighted by Gasteiger charge is -2.33. The summed E-state index contributed by atoms with van der Waals surface area (Å²) in [5.41, 5.74) is 3.24. The van der Waals surface area contributed by atoms with Gasteiger partial charge in [-0.1, -0.05) is 56.2 Å². The zero-order valence-corrected chi connectivity index (χ0v) is 21.7. The van der Waals surface area contributed by atoms with E-state index in [1.54, 1.807) is 6.92 Å². The number of aliphatic carboxylic acids is 1. The fourth-order valence-corrected chi connectivity index (χ4v) is 4.26. The smallest absolute Gasteiger partial charge is 0.304 e. The Morgan fingerprint density at radius 3 is 2.32 bits per heavy atom. The van der Waals surface area contributed by atoms with Crippen molar-refractivity contribution in [3.63, 3.8) is 0 Å². The summed E-state index contributed by atoms with van der Waals surface area (Å²) in [5.74, 6) is 6.97. The lowest BCUT2D eigenvalue weighted by atomic mass is 9.96. The van der Waals surface area contributed by atoms with Crippen LogP contribution < -0.4 is 9.64 Å². The summed E-state index contributed by atoms with van der Waals surface area (Å²) in [7, 11) is 0. The maximum absolute atomic E-state index is 11.1. The Labute approximate surface area is 218 Å². The Kier molecular flexibility index (Phi) is 8.81. The summed E-state index contributed by atoms with van der Waals surface area (Å²) in [6, 6.07) is 16.0. The van der Waals surface area contributed by atoms with Gasteiger partial charge >= 0.3 is 5.97 Å². The molecule has 0 bridgehead atoms. The van der Waals surface area contributed by atoms with E-state index in [-0.39, 0.29) is 18.3 Å². The molecule has 2 heterocycles. The van der Waals surface area contributed by atoms with Crippen molar-refractivity contribution < 1.29 is 19.2 Å². The van der Waals surface area contributed by atoms with Crippen molar-refractivity contribution in [2.24, 2.45) is 0 Å². The van der Waals surface area contributed by atoms with Gasteiger partial charge in [-0.2, -0.15) is 4.98 Å². The molecule has 1 atom stereocenters. The Morgan fingerprint density at radius 2 is 1.73 bits per heavy atom. The van der Waals surface area contributed by atoms with Crippen molar-refractivity contribution in [3.05, 3.63) is 71.1 Å². The van der Waals surface area contributed by atoms with Gasteiger partial charge in [-0.15, -0.1) is 5.92 Å². The predicted molar refractivity (Wildman–Crippen MR) is 142 cm³/mol. The average molecular weight is 503 g/mol. The number of benzene rings is 2. The predicted octanol–water partition coefficient (Wildman–Crippen LogP) is 4.68. The first kappa shape index (κ1) is 26.2. The van der Waals surface area contributed by atoms with Gasteiger partial charge in [-0.3, -0.25) is 9.69 Å². The van der Waals surface area contributed by atoms with Gasteiger partial charge in [-0.05, 0) is 40.9 Å². The molecule has 8 nitrogen and oxygen atoms in total. The van der Waals surface area contributed by atoms with Crippen LogP contribution in [0.15, 0.2) is 53.1 Å². The molecule has 2 aromatic carbocycles. The number of aromatic nitrogens is 2. The first-order valence-corrected chi connectivity index (χ1v) is 12.7. The third kappa shape index (κ3) is 7.34.